The lowest BCUT2D eigenvalue weighted by molar-refractivity contribution is -0.151. The number of hydrogen-bond acceptors (Lipinski definition) is 2. The molecule has 1 aliphatic carbocycles. The first-order valence-electron chi connectivity index (χ1n) is 4.74. The van der Waals surface area contributed by atoms with Crippen LogP contribution < -0.4 is 11.1 Å². The van der Waals surface area contributed by atoms with Gasteiger partial charge in [0.15, 0.2) is 0 Å². The fourth-order valence-electron chi connectivity index (χ4n) is 1.50. The summed E-state index contributed by atoms with van der Waals surface area (Å²) in [6, 6.07) is 3.32. The summed E-state index contributed by atoms with van der Waals surface area (Å²) < 4.78 is 50.7. The summed E-state index contributed by atoms with van der Waals surface area (Å²) in [5.41, 5.74) is 3.65. The van der Waals surface area contributed by atoms with E-state index in [-0.39, 0.29) is 24.2 Å². The van der Waals surface area contributed by atoms with Gasteiger partial charge in [0.25, 0.3) is 0 Å². The van der Waals surface area contributed by atoms with Gasteiger partial charge in [-0.15, -0.1) is 0 Å². The van der Waals surface area contributed by atoms with Crippen molar-refractivity contribution < 1.29 is 17.6 Å². The predicted octanol–water partition coefficient (Wildman–Crippen LogP) is 2.91. The molecule has 16 heavy (non-hydrogen) atoms. The quantitative estimate of drug-likeness (QED) is 0.610. The number of benzene rings is 1. The zero-order valence-corrected chi connectivity index (χ0v) is 8.24. The molecule has 1 saturated carbocycles. The molecule has 0 aliphatic heterocycles. The van der Waals surface area contributed by atoms with Crippen LogP contribution in [0.4, 0.5) is 28.9 Å². The minimum Gasteiger partial charge on any atom is -0.397 e. The van der Waals surface area contributed by atoms with Gasteiger partial charge in [0.2, 0.25) is 0 Å². The van der Waals surface area contributed by atoms with E-state index in [1.54, 1.807) is 0 Å². The van der Waals surface area contributed by atoms with Crippen LogP contribution >= 0.6 is 0 Å². The van der Waals surface area contributed by atoms with Crippen LogP contribution in [0, 0.1) is 5.82 Å². The molecule has 0 unspecified atom stereocenters. The average Bonchev–Trinajstić information content (AvgIpc) is 2.91. The van der Waals surface area contributed by atoms with Crippen LogP contribution in [0.25, 0.3) is 0 Å². The van der Waals surface area contributed by atoms with E-state index in [1.165, 1.54) is 6.07 Å². The number of nitrogen functional groups attached to an aromatic ring is 1. The Morgan fingerprint density at radius 2 is 1.88 bits per heavy atom. The molecule has 1 aromatic carbocycles. The van der Waals surface area contributed by atoms with Crippen LogP contribution in [0.5, 0.6) is 0 Å². The molecule has 6 heteroatoms. The molecule has 2 rings (SSSR count). The van der Waals surface area contributed by atoms with Crippen LogP contribution in [0.1, 0.15) is 12.8 Å². The van der Waals surface area contributed by atoms with E-state index in [0.29, 0.717) is 0 Å². The smallest absolute Gasteiger partial charge is 0.397 e. The van der Waals surface area contributed by atoms with Crippen molar-refractivity contribution in [2.24, 2.45) is 0 Å². The second kappa shape index (κ2) is 3.26. The summed E-state index contributed by atoms with van der Waals surface area (Å²) >= 11 is 0. The number of nitrogens with one attached hydrogen (secondary N) is 1. The van der Waals surface area contributed by atoms with Crippen molar-refractivity contribution in [3.8, 4) is 0 Å². The highest BCUT2D eigenvalue weighted by Gasteiger charge is 2.63. The van der Waals surface area contributed by atoms with E-state index in [0.717, 1.165) is 12.1 Å². The molecule has 1 fully saturated rings. The van der Waals surface area contributed by atoms with Gasteiger partial charge in [-0.05, 0) is 31.0 Å². The third-order valence-corrected chi connectivity index (χ3v) is 2.68. The highest BCUT2D eigenvalue weighted by Crippen LogP contribution is 2.51. The van der Waals surface area contributed by atoms with E-state index in [9.17, 15) is 17.6 Å². The summed E-state index contributed by atoms with van der Waals surface area (Å²) in [5, 5.41) is 2.29. The molecule has 0 bridgehead atoms. The maximum Gasteiger partial charge on any atom is 0.411 e. The SMILES string of the molecule is Nc1ccc(F)cc1NC1(C(F)(F)F)CC1. The second-order valence-corrected chi connectivity index (χ2v) is 3.94. The molecule has 1 aliphatic rings. The standard InChI is InChI=1S/C10H10F4N2/c11-6-1-2-7(15)8(5-6)16-9(3-4-9)10(12,13)14/h1-2,5,16H,3-4,15H2. The summed E-state index contributed by atoms with van der Waals surface area (Å²) in [4.78, 5) is 0. The Morgan fingerprint density at radius 1 is 1.25 bits per heavy atom. The molecular formula is C10H10F4N2. The Bertz CT molecular complexity index is 410. The van der Waals surface area contributed by atoms with Crippen molar-refractivity contribution in [1.82, 2.24) is 0 Å². The monoisotopic (exact) mass is 234 g/mol. The van der Waals surface area contributed by atoms with Crippen molar-refractivity contribution in [2.45, 2.75) is 24.6 Å². The third kappa shape index (κ3) is 1.79. The van der Waals surface area contributed by atoms with Gasteiger partial charge in [0, 0.05) is 0 Å². The number of nitrogens with two attached hydrogens (primary N) is 1. The van der Waals surface area contributed by atoms with Crippen molar-refractivity contribution in [1.29, 1.82) is 0 Å². The largest absolute Gasteiger partial charge is 0.411 e. The highest BCUT2D eigenvalue weighted by atomic mass is 19.4. The topological polar surface area (TPSA) is 38.0 Å². The van der Waals surface area contributed by atoms with Crippen molar-refractivity contribution >= 4 is 11.4 Å². The lowest BCUT2D eigenvalue weighted by atomic mass is 10.2. The zero-order chi connectivity index (χ0) is 12.0. The van der Waals surface area contributed by atoms with Crippen molar-refractivity contribution in [3.05, 3.63) is 24.0 Å². The van der Waals surface area contributed by atoms with E-state index >= 15 is 0 Å². The first-order chi connectivity index (χ1) is 7.34. The Morgan fingerprint density at radius 3 is 2.38 bits per heavy atom. The van der Waals surface area contributed by atoms with Crippen molar-refractivity contribution in [3.63, 3.8) is 0 Å². The number of alkyl halides is 3. The first-order valence-corrected chi connectivity index (χ1v) is 4.74. The van der Waals surface area contributed by atoms with Crippen LogP contribution in [0.15, 0.2) is 18.2 Å². The summed E-state index contributed by atoms with van der Waals surface area (Å²) in [5.74, 6) is -0.616. The van der Waals surface area contributed by atoms with Crippen LogP contribution in [-0.2, 0) is 0 Å². The van der Waals surface area contributed by atoms with E-state index in [4.69, 9.17) is 5.73 Å². The minimum absolute atomic E-state index is 0.00479. The fraction of sp³-hybridized carbons (Fsp3) is 0.400. The van der Waals surface area contributed by atoms with E-state index in [2.05, 4.69) is 5.32 Å². The molecule has 0 atom stereocenters. The summed E-state index contributed by atoms with van der Waals surface area (Å²) in [7, 11) is 0. The zero-order valence-electron chi connectivity index (χ0n) is 8.24. The minimum atomic E-state index is -4.34. The molecule has 2 nitrogen and oxygen atoms in total. The van der Waals surface area contributed by atoms with Gasteiger partial charge in [-0.2, -0.15) is 13.2 Å². The first kappa shape index (κ1) is 11.0. The Hall–Kier alpha value is -1.46. The lowest BCUT2D eigenvalue weighted by Gasteiger charge is -2.22. The van der Waals surface area contributed by atoms with Gasteiger partial charge in [-0.25, -0.2) is 4.39 Å². The molecule has 88 valence electrons. The number of anilines is 2. The summed E-state index contributed by atoms with van der Waals surface area (Å²) in [6.07, 6.45) is -4.36. The van der Waals surface area contributed by atoms with Gasteiger partial charge in [-0.1, -0.05) is 0 Å². The number of rotatable bonds is 2. The molecule has 0 aromatic heterocycles. The average molecular weight is 234 g/mol. The van der Waals surface area contributed by atoms with Gasteiger partial charge >= 0.3 is 6.18 Å². The highest BCUT2D eigenvalue weighted by molar-refractivity contribution is 5.67. The van der Waals surface area contributed by atoms with Crippen molar-refractivity contribution in [2.75, 3.05) is 11.1 Å². The maximum atomic E-state index is 12.9. The van der Waals surface area contributed by atoms with Crippen LogP contribution in [-0.4, -0.2) is 11.7 Å². The molecule has 0 heterocycles. The van der Waals surface area contributed by atoms with Crippen LogP contribution in [0.2, 0.25) is 0 Å². The number of halogens is 4. The Labute approximate surface area is 89.4 Å². The molecule has 0 radical (unpaired) electrons. The second-order valence-electron chi connectivity index (χ2n) is 3.94. The number of hydrogen-bond donors (Lipinski definition) is 2. The van der Waals surface area contributed by atoms with Crippen LogP contribution in [0.3, 0.4) is 0 Å². The van der Waals surface area contributed by atoms with Gasteiger partial charge in [0.05, 0.1) is 11.4 Å². The van der Waals surface area contributed by atoms with Gasteiger partial charge in [0.1, 0.15) is 11.4 Å². The maximum absolute atomic E-state index is 12.9. The fourth-order valence-corrected chi connectivity index (χ4v) is 1.50. The Kier molecular flexibility index (Phi) is 2.25. The van der Waals surface area contributed by atoms with E-state index in [1.807, 2.05) is 0 Å². The molecule has 1 aromatic rings. The Balaban J connectivity index is 2.25. The normalized spacial score (nSPS) is 18.2. The van der Waals surface area contributed by atoms with E-state index < -0.39 is 17.5 Å². The molecule has 3 N–H and O–H groups in total. The molecular weight excluding hydrogens is 224 g/mol. The van der Waals surface area contributed by atoms with Gasteiger partial charge in [-0.3, -0.25) is 0 Å². The molecule has 0 saturated heterocycles. The predicted molar refractivity (Wildman–Crippen MR) is 52.5 cm³/mol. The summed E-state index contributed by atoms with van der Waals surface area (Å²) in [6.45, 7) is 0. The molecule has 0 amide bonds. The molecule has 0 spiro atoms. The van der Waals surface area contributed by atoms with Gasteiger partial charge < -0.3 is 11.1 Å². The third-order valence-electron chi connectivity index (χ3n) is 2.68. The lowest BCUT2D eigenvalue weighted by Crippen LogP contribution is -2.38.